The van der Waals surface area contributed by atoms with E-state index in [1.54, 1.807) is 16.7 Å². The first-order valence-electron chi connectivity index (χ1n) is 9.11. The molecular weight excluding hydrogens is 375 g/mol. The van der Waals surface area contributed by atoms with Crippen LogP contribution in [-0.4, -0.2) is 23.7 Å². The maximum Gasteiger partial charge on any atom is 0.280 e. The second-order valence-corrected chi connectivity index (χ2v) is 7.27. The lowest BCUT2D eigenvalue weighted by atomic mass is 10.0. The predicted molar refractivity (Wildman–Crippen MR) is 110 cm³/mol. The van der Waals surface area contributed by atoms with Gasteiger partial charge in [0.1, 0.15) is 5.82 Å². The van der Waals surface area contributed by atoms with E-state index in [0.717, 1.165) is 15.5 Å². The van der Waals surface area contributed by atoms with Crippen LogP contribution in [0, 0.1) is 5.82 Å². The molecule has 0 aliphatic carbocycles. The van der Waals surface area contributed by atoms with Gasteiger partial charge >= 0.3 is 0 Å². The summed E-state index contributed by atoms with van der Waals surface area (Å²) in [4.78, 5) is 17.8. The lowest BCUT2D eigenvalue weighted by molar-refractivity contribution is 0.0998. The van der Waals surface area contributed by atoms with Crippen LogP contribution in [0.1, 0.15) is 17.3 Å². The molecule has 4 aromatic rings. The van der Waals surface area contributed by atoms with Gasteiger partial charge in [-0.2, -0.15) is 4.99 Å². The molecule has 1 heterocycles. The average Bonchev–Trinajstić information content (AvgIpc) is 3.06. The summed E-state index contributed by atoms with van der Waals surface area (Å²) < 4.78 is 22.4. The zero-order chi connectivity index (χ0) is 19.5. The highest BCUT2D eigenvalue weighted by atomic mass is 32.1. The number of rotatable bonds is 5. The third-order valence-electron chi connectivity index (χ3n) is 4.53. The number of carbonyl (C=O) groups is 1. The Kier molecular flexibility index (Phi) is 5.32. The highest BCUT2D eigenvalue weighted by Gasteiger charge is 2.13. The molecule has 3 aromatic carbocycles. The van der Waals surface area contributed by atoms with Crippen LogP contribution in [0.4, 0.5) is 4.39 Å². The monoisotopic (exact) mass is 394 g/mol. The third-order valence-corrected chi connectivity index (χ3v) is 5.58. The summed E-state index contributed by atoms with van der Waals surface area (Å²) in [5, 5.41) is 1.84. The van der Waals surface area contributed by atoms with Gasteiger partial charge in [0.05, 0.1) is 16.8 Å². The van der Waals surface area contributed by atoms with E-state index >= 15 is 0 Å². The van der Waals surface area contributed by atoms with Crippen molar-refractivity contribution in [3.63, 3.8) is 0 Å². The lowest BCUT2D eigenvalue weighted by Crippen LogP contribution is -2.20. The molecule has 1 amide bonds. The minimum Gasteiger partial charge on any atom is -0.380 e. The molecule has 4 rings (SSSR count). The fourth-order valence-corrected chi connectivity index (χ4v) is 4.31. The lowest BCUT2D eigenvalue weighted by Gasteiger charge is -2.06. The van der Waals surface area contributed by atoms with E-state index in [2.05, 4.69) is 4.99 Å². The second kappa shape index (κ2) is 8.04. The summed E-state index contributed by atoms with van der Waals surface area (Å²) >= 11 is 1.30. The number of halogens is 1. The van der Waals surface area contributed by atoms with Crippen LogP contribution in [-0.2, 0) is 11.3 Å². The fourth-order valence-electron chi connectivity index (χ4n) is 3.24. The Morgan fingerprint density at radius 1 is 1.11 bits per heavy atom. The van der Waals surface area contributed by atoms with E-state index in [1.165, 1.54) is 17.4 Å². The molecule has 4 nitrogen and oxygen atoms in total. The summed E-state index contributed by atoms with van der Waals surface area (Å²) in [6.07, 6.45) is 0. The molecule has 6 heteroatoms. The van der Waals surface area contributed by atoms with Crippen molar-refractivity contribution in [1.29, 1.82) is 0 Å². The van der Waals surface area contributed by atoms with Crippen molar-refractivity contribution in [1.82, 2.24) is 4.57 Å². The smallest absolute Gasteiger partial charge is 0.280 e. The van der Waals surface area contributed by atoms with Crippen molar-refractivity contribution in [3.8, 4) is 0 Å². The number of aromatic nitrogens is 1. The van der Waals surface area contributed by atoms with Crippen molar-refractivity contribution in [3.05, 3.63) is 76.8 Å². The highest BCUT2D eigenvalue weighted by Crippen LogP contribution is 2.22. The quantitative estimate of drug-likeness (QED) is 0.458. The van der Waals surface area contributed by atoms with Crippen molar-refractivity contribution in [2.45, 2.75) is 13.5 Å². The van der Waals surface area contributed by atoms with Crippen molar-refractivity contribution in [2.24, 2.45) is 4.99 Å². The molecule has 0 fully saturated rings. The van der Waals surface area contributed by atoms with Gasteiger partial charge in [-0.3, -0.25) is 4.79 Å². The van der Waals surface area contributed by atoms with E-state index < -0.39 is 0 Å². The van der Waals surface area contributed by atoms with Crippen LogP contribution < -0.4 is 4.80 Å². The first-order chi connectivity index (χ1) is 13.7. The Morgan fingerprint density at radius 3 is 2.75 bits per heavy atom. The number of nitrogens with zero attached hydrogens (tertiary/aromatic N) is 2. The average molecular weight is 394 g/mol. The zero-order valence-corrected chi connectivity index (χ0v) is 16.2. The van der Waals surface area contributed by atoms with Gasteiger partial charge in [0.25, 0.3) is 5.91 Å². The van der Waals surface area contributed by atoms with Gasteiger partial charge < -0.3 is 9.30 Å². The Labute approximate surface area is 165 Å². The van der Waals surface area contributed by atoms with E-state index in [1.807, 2.05) is 49.4 Å². The number of para-hydroxylation sites is 1. The number of carbonyl (C=O) groups excluding carboxylic acids is 1. The molecule has 0 atom stereocenters. The summed E-state index contributed by atoms with van der Waals surface area (Å²) in [6, 6.07) is 18.2. The topological polar surface area (TPSA) is 43.6 Å². The molecule has 0 radical (unpaired) electrons. The molecule has 0 N–H and O–H groups in total. The standard InChI is InChI=1S/C22H19FN2O2S/c1-2-27-14-13-25-20-18(23)11-6-12-19(20)28-22(25)24-21(26)17-10-5-8-15-7-3-4-9-16(15)17/h3-12H,2,13-14H2,1H3. The first-order valence-corrected chi connectivity index (χ1v) is 9.93. The van der Waals surface area contributed by atoms with Gasteiger partial charge in [-0.05, 0) is 35.9 Å². The van der Waals surface area contributed by atoms with Gasteiger partial charge in [0, 0.05) is 18.7 Å². The molecule has 0 aliphatic heterocycles. The summed E-state index contributed by atoms with van der Waals surface area (Å²) in [6.45, 7) is 3.33. The molecule has 0 saturated heterocycles. The molecule has 1 aromatic heterocycles. The number of ether oxygens (including phenoxy) is 1. The third kappa shape index (κ3) is 3.48. The maximum absolute atomic E-state index is 14.5. The molecule has 0 unspecified atom stereocenters. The van der Waals surface area contributed by atoms with E-state index in [9.17, 15) is 9.18 Å². The molecule has 0 aliphatic rings. The second-order valence-electron chi connectivity index (χ2n) is 6.26. The molecule has 142 valence electrons. The van der Waals surface area contributed by atoms with Gasteiger partial charge in [-0.15, -0.1) is 0 Å². The van der Waals surface area contributed by atoms with Crippen LogP contribution in [0.2, 0.25) is 0 Å². The number of thiazole rings is 1. The first kappa shape index (κ1) is 18.5. The Bertz CT molecular complexity index is 1220. The van der Waals surface area contributed by atoms with Crippen LogP contribution in [0.3, 0.4) is 0 Å². The van der Waals surface area contributed by atoms with Crippen LogP contribution in [0.5, 0.6) is 0 Å². The van der Waals surface area contributed by atoms with Gasteiger partial charge in [-0.1, -0.05) is 53.8 Å². The van der Waals surface area contributed by atoms with Gasteiger partial charge in [0.15, 0.2) is 4.80 Å². The van der Waals surface area contributed by atoms with Crippen LogP contribution in [0.15, 0.2) is 65.7 Å². The van der Waals surface area contributed by atoms with E-state index in [0.29, 0.717) is 35.6 Å². The summed E-state index contributed by atoms with van der Waals surface area (Å²) in [5.74, 6) is -0.668. The van der Waals surface area contributed by atoms with Crippen molar-refractivity contribution in [2.75, 3.05) is 13.2 Å². The van der Waals surface area contributed by atoms with E-state index in [-0.39, 0.29) is 11.7 Å². The molecule has 0 saturated carbocycles. The normalized spacial score (nSPS) is 12.1. The minimum atomic E-state index is -0.339. The number of fused-ring (bicyclic) bond motifs is 2. The number of hydrogen-bond acceptors (Lipinski definition) is 3. The molecule has 0 bridgehead atoms. The Balaban J connectivity index is 1.85. The van der Waals surface area contributed by atoms with Gasteiger partial charge in [-0.25, -0.2) is 4.39 Å². The highest BCUT2D eigenvalue weighted by molar-refractivity contribution is 7.16. The SMILES string of the molecule is CCOCCn1c(=NC(=O)c2cccc3ccccc23)sc2cccc(F)c21. The largest absolute Gasteiger partial charge is 0.380 e. The Morgan fingerprint density at radius 2 is 1.89 bits per heavy atom. The van der Waals surface area contributed by atoms with Crippen LogP contribution >= 0.6 is 11.3 Å². The van der Waals surface area contributed by atoms with Gasteiger partial charge in [0.2, 0.25) is 0 Å². The van der Waals surface area contributed by atoms with Crippen molar-refractivity contribution >= 4 is 38.2 Å². The number of amides is 1. The van der Waals surface area contributed by atoms with Crippen LogP contribution in [0.25, 0.3) is 21.0 Å². The van der Waals surface area contributed by atoms with Crippen molar-refractivity contribution < 1.29 is 13.9 Å². The number of hydrogen-bond donors (Lipinski definition) is 0. The molecular formula is C22H19FN2O2S. The fraction of sp³-hybridized carbons (Fsp3) is 0.182. The summed E-state index contributed by atoms with van der Waals surface area (Å²) in [7, 11) is 0. The zero-order valence-electron chi connectivity index (χ0n) is 15.4. The molecule has 0 spiro atoms. The minimum absolute atomic E-state index is 0.329. The summed E-state index contributed by atoms with van der Waals surface area (Å²) in [5.41, 5.74) is 0.990. The predicted octanol–water partition coefficient (Wildman–Crippen LogP) is 4.77. The number of benzene rings is 3. The maximum atomic E-state index is 14.5. The molecule has 28 heavy (non-hydrogen) atoms. The van der Waals surface area contributed by atoms with E-state index in [4.69, 9.17) is 4.74 Å². The Hall–Kier alpha value is -2.83.